The van der Waals surface area contributed by atoms with Crippen LogP contribution in [0, 0.1) is 0 Å². The molecule has 3 rings (SSSR count). The fraction of sp³-hybridized carbons (Fsp3) is 0.375. The number of carbonyl (C=O) groups excluding carboxylic acids is 1. The van der Waals surface area contributed by atoms with Crippen LogP contribution in [0.4, 0.5) is 0 Å². The van der Waals surface area contributed by atoms with Crippen molar-refractivity contribution in [2.24, 2.45) is 0 Å². The van der Waals surface area contributed by atoms with Crippen molar-refractivity contribution in [2.75, 3.05) is 14.2 Å². The van der Waals surface area contributed by atoms with Gasteiger partial charge in [-0.1, -0.05) is 12.1 Å². The number of aromatic nitrogens is 2. The van der Waals surface area contributed by atoms with Crippen molar-refractivity contribution in [3.05, 3.63) is 47.3 Å². The lowest BCUT2D eigenvalue weighted by Gasteiger charge is -2.19. The first kappa shape index (κ1) is 14.6. The Morgan fingerprint density at radius 3 is 2.82 bits per heavy atom. The summed E-state index contributed by atoms with van der Waals surface area (Å²) in [4.78, 5) is 11.5. The Bertz CT molecular complexity index is 663. The Morgan fingerprint density at radius 1 is 1.36 bits per heavy atom. The molecule has 0 bridgehead atoms. The zero-order chi connectivity index (χ0) is 15.5. The first-order chi connectivity index (χ1) is 10.7. The maximum atomic E-state index is 11.5. The first-order valence-corrected chi connectivity index (χ1v) is 7.07. The number of hydrogen-bond acceptors (Lipinski definition) is 5. The van der Waals surface area contributed by atoms with Crippen LogP contribution in [0.25, 0.3) is 0 Å². The van der Waals surface area contributed by atoms with E-state index in [1.807, 2.05) is 35.1 Å². The molecule has 0 radical (unpaired) electrons. The van der Waals surface area contributed by atoms with Crippen molar-refractivity contribution >= 4 is 5.97 Å². The van der Waals surface area contributed by atoms with Gasteiger partial charge in [-0.25, -0.2) is 4.79 Å². The summed E-state index contributed by atoms with van der Waals surface area (Å²) < 4.78 is 17.2. The summed E-state index contributed by atoms with van der Waals surface area (Å²) in [7, 11) is 3.01. The topological polar surface area (TPSA) is 62.6 Å². The van der Waals surface area contributed by atoms with Gasteiger partial charge in [-0.15, -0.1) is 0 Å². The van der Waals surface area contributed by atoms with Crippen molar-refractivity contribution in [3.63, 3.8) is 0 Å². The summed E-state index contributed by atoms with van der Waals surface area (Å²) in [6.45, 7) is 1.05. The fourth-order valence-corrected chi connectivity index (χ4v) is 2.50. The minimum absolute atomic E-state index is 0.352. The molecule has 6 nitrogen and oxygen atoms in total. The van der Waals surface area contributed by atoms with Crippen molar-refractivity contribution in [1.29, 1.82) is 0 Å². The molecule has 0 saturated heterocycles. The van der Waals surface area contributed by atoms with E-state index in [9.17, 15) is 4.79 Å². The Kier molecular flexibility index (Phi) is 4.11. The molecule has 116 valence electrons. The summed E-state index contributed by atoms with van der Waals surface area (Å²) >= 11 is 0. The second-order valence-corrected chi connectivity index (χ2v) is 5.17. The standard InChI is InChI=1S/C16H18N2O4/c1-20-13-5-3-11(4-6-13)8-18-9-12-10-22-15(16(19)21-2)7-14(12)17-18/h3-6,9,15H,7-8,10H2,1-2H3. The van der Waals surface area contributed by atoms with Crippen molar-refractivity contribution in [1.82, 2.24) is 9.78 Å². The van der Waals surface area contributed by atoms with Crippen LogP contribution in [-0.2, 0) is 33.8 Å². The molecule has 1 unspecified atom stereocenters. The molecule has 1 aromatic heterocycles. The quantitative estimate of drug-likeness (QED) is 0.802. The van der Waals surface area contributed by atoms with E-state index in [0.29, 0.717) is 19.6 Å². The zero-order valence-electron chi connectivity index (χ0n) is 12.6. The smallest absolute Gasteiger partial charge is 0.335 e. The highest BCUT2D eigenvalue weighted by molar-refractivity contribution is 5.75. The SMILES string of the molecule is COC(=O)C1Cc2nn(Cc3ccc(OC)cc3)cc2CO1. The minimum atomic E-state index is -0.554. The number of fused-ring (bicyclic) bond motifs is 1. The molecule has 0 N–H and O–H groups in total. The van der Waals surface area contributed by atoms with Gasteiger partial charge in [-0.05, 0) is 17.7 Å². The number of methoxy groups -OCH3 is 2. The average Bonchev–Trinajstić information content (AvgIpc) is 2.96. The van der Waals surface area contributed by atoms with Gasteiger partial charge in [-0.3, -0.25) is 4.68 Å². The average molecular weight is 302 g/mol. The molecule has 2 aromatic rings. The van der Waals surface area contributed by atoms with Crippen LogP contribution in [0.3, 0.4) is 0 Å². The number of benzene rings is 1. The highest BCUT2D eigenvalue weighted by Crippen LogP contribution is 2.21. The minimum Gasteiger partial charge on any atom is -0.497 e. The second kappa shape index (κ2) is 6.19. The molecule has 1 aliphatic rings. The van der Waals surface area contributed by atoms with Gasteiger partial charge in [0.25, 0.3) is 0 Å². The first-order valence-electron chi connectivity index (χ1n) is 7.07. The predicted molar refractivity (Wildman–Crippen MR) is 78.6 cm³/mol. The molecule has 1 aromatic carbocycles. The van der Waals surface area contributed by atoms with Crippen molar-refractivity contribution < 1.29 is 19.0 Å². The molecule has 0 saturated carbocycles. The Labute approximate surface area is 128 Å². The summed E-state index contributed by atoms with van der Waals surface area (Å²) in [5.74, 6) is 0.480. The third-order valence-corrected chi connectivity index (χ3v) is 3.71. The van der Waals surface area contributed by atoms with Crippen LogP contribution in [0.15, 0.2) is 30.5 Å². The van der Waals surface area contributed by atoms with Crippen molar-refractivity contribution in [3.8, 4) is 5.75 Å². The Balaban J connectivity index is 1.72. The molecule has 0 spiro atoms. The Hall–Kier alpha value is -2.34. The van der Waals surface area contributed by atoms with Crippen LogP contribution < -0.4 is 4.74 Å². The monoisotopic (exact) mass is 302 g/mol. The third kappa shape index (κ3) is 2.96. The van der Waals surface area contributed by atoms with E-state index >= 15 is 0 Å². The third-order valence-electron chi connectivity index (χ3n) is 3.71. The lowest BCUT2D eigenvalue weighted by atomic mass is 10.1. The molecule has 2 heterocycles. The number of nitrogens with zero attached hydrogens (tertiary/aromatic N) is 2. The van der Waals surface area contributed by atoms with Crippen LogP contribution >= 0.6 is 0 Å². The van der Waals surface area contributed by atoms with Gasteiger partial charge in [0.05, 0.1) is 33.1 Å². The zero-order valence-corrected chi connectivity index (χ0v) is 12.6. The summed E-state index contributed by atoms with van der Waals surface area (Å²) in [6, 6.07) is 7.87. The van der Waals surface area contributed by atoms with E-state index in [-0.39, 0.29) is 5.97 Å². The molecule has 1 atom stereocenters. The number of ether oxygens (including phenoxy) is 3. The highest BCUT2D eigenvalue weighted by atomic mass is 16.6. The molecule has 0 fully saturated rings. The maximum absolute atomic E-state index is 11.5. The highest BCUT2D eigenvalue weighted by Gasteiger charge is 2.28. The molecule has 22 heavy (non-hydrogen) atoms. The van der Waals surface area contributed by atoms with E-state index < -0.39 is 6.10 Å². The summed E-state index contributed by atoms with van der Waals surface area (Å²) in [6.07, 6.45) is 1.87. The summed E-state index contributed by atoms with van der Waals surface area (Å²) in [5.41, 5.74) is 3.05. The van der Waals surface area contributed by atoms with E-state index in [1.165, 1.54) is 7.11 Å². The number of esters is 1. The normalized spacial score (nSPS) is 16.9. The molecular weight excluding hydrogens is 284 g/mol. The van der Waals surface area contributed by atoms with E-state index in [2.05, 4.69) is 5.10 Å². The largest absolute Gasteiger partial charge is 0.497 e. The van der Waals surface area contributed by atoms with Crippen LogP contribution in [0.1, 0.15) is 16.8 Å². The van der Waals surface area contributed by atoms with Gasteiger partial charge >= 0.3 is 5.97 Å². The van der Waals surface area contributed by atoms with Crippen molar-refractivity contribution in [2.45, 2.75) is 25.7 Å². The predicted octanol–water partition coefficient (Wildman–Crippen LogP) is 1.55. The number of carbonyl (C=O) groups is 1. The maximum Gasteiger partial charge on any atom is 0.335 e. The number of hydrogen-bond donors (Lipinski definition) is 0. The lowest BCUT2D eigenvalue weighted by molar-refractivity contribution is -0.155. The second-order valence-electron chi connectivity index (χ2n) is 5.17. The van der Waals surface area contributed by atoms with Gasteiger partial charge in [-0.2, -0.15) is 5.10 Å². The molecular formula is C16H18N2O4. The van der Waals surface area contributed by atoms with E-state index in [4.69, 9.17) is 14.2 Å². The van der Waals surface area contributed by atoms with Gasteiger partial charge in [0.1, 0.15) is 5.75 Å². The van der Waals surface area contributed by atoms with E-state index in [1.54, 1.807) is 7.11 Å². The molecule has 0 amide bonds. The summed E-state index contributed by atoms with van der Waals surface area (Å²) in [5, 5.41) is 4.55. The van der Waals surface area contributed by atoms with Gasteiger partial charge in [0, 0.05) is 18.2 Å². The van der Waals surface area contributed by atoms with Crippen LogP contribution in [0.5, 0.6) is 5.75 Å². The van der Waals surface area contributed by atoms with Gasteiger partial charge in [0.15, 0.2) is 6.10 Å². The van der Waals surface area contributed by atoms with Crippen LogP contribution in [0.2, 0.25) is 0 Å². The number of rotatable bonds is 4. The van der Waals surface area contributed by atoms with Gasteiger partial charge < -0.3 is 14.2 Å². The fourth-order valence-electron chi connectivity index (χ4n) is 2.50. The van der Waals surface area contributed by atoms with Gasteiger partial charge in [0.2, 0.25) is 0 Å². The molecule has 6 heteroatoms. The lowest BCUT2D eigenvalue weighted by Crippen LogP contribution is -2.31. The van der Waals surface area contributed by atoms with E-state index in [0.717, 1.165) is 22.6 Å². The molecule has 1 aliphatic heterocycles. The molecule has 0 aliphatic carbocycles. The Morgan fingerprint density at radius 2 is 2.14 bits per heavy atom. The van der Waals surface area contributed by atoms with Crippen LogP contribution in [-0.4, -0.2) is 36.1 Å².